The average Bonchev–Trinajstić information content (AvgIpc) is 3.27. The first-order valence-corrected chi connectivity index (χ1v) is 9.88. The molecule has 0 spiro atoms. The minimum atomic E-state index is -0.281. The van der Waals surface area contributed by atoms with Gasteiger partial charge in [0.15, 0.2) is 0 Å². The Kier molecular flexibility index (Phi) is 5.93. The van der Waals surface area contributed by atoms with Gasteiger partial charge in [0, 0.05) is 10.9 Å². The van der Waals surface area contributed by atoms with Crippen LogP contribution in [0.4, 0.5) is 4.79 Å². The van der Waals surface area contributed by atoms with Crippen LogP contribution in [0.5, 0.6) is 0 Å². The summed E-state index contributed by atoms with van der Waals surface area (Å²) in [6.07, 6.45) is 2.04. The molecule has 1 aliphatic rings. The molecule has 3 amide bonds. The molecule has 5 nitrogen and oxygen atoms in total. The van der Waals surface area contributed by atoms with Crippen LogP contribution in [-0.2, 0) is 4.79 Å². The van der Waals surface area contributed by atoms with E-state index in [0.717, 1.165) is 23.3 Å². The minimum absolute atomic E-state index is 0.0372. The Morgan fingerprint density at radius 1 is 1.12 bits per heavy atom. The predicted molar refractivity (Wildman–Crippen MR) is 104 cm³/mol. The number of benzene rings is 1. The summed E-state index contributed by atoms with van der Waals surface area (Å²) in [4.78, 5) is 25.1. The van der Waals surface area contributed by atoms with Gasteiger partial charge in [-0.2, -0.15) is 0 Å². The molecular formula is C20H25N3O2S. The monoisotopic (exact) mass is 371 g/mol. The van der Waals surface area contributed by atoms with Crippen molar-refractivity contribution < 1.29 is 9.59 Å². The molecule has 1 atom stereocenters. The molecule has 1 heterocycles. The predicted octanol–water partition coefficient (Wildman–Crippen LogP) is 3.54. The highest BCUT2D eigenvalue weighted by molar-refractivity contribution is 7.10. The molecule has 1 aromatic carbocycles. The maximum Gasteiger partial charge on any atom is 0.315 e. The zero-order chi connectivity index (χ0) is 18.5. The average molecular weight is 372 g/mol. The van der Waals surface area contributed by atoms with E-state index in [9.17, 15) is 9.59 Å². The number of thiophene rings is 1. The van der Waals surface area contributed by atoms with Gasteiger partial charge < -0.3 is 16.0 Å². The van der Waals surface area contributed by atoms with Crippen molar-refractivity contribution in [3.63, 3.8) is 0 Å². The third kappa shape index (κ3) is 5.08. The van der Waals surface area contributed by atoms with E-state index in [1.165, 1.54) is 5.56 Å². The summed E-state index contributed by atoms with van der Waals surface area (Å²) in [6.45, 7) is 4.28. The molecule has 3 N–H and O–H groups in total. The lowest BCUT2D eigenvalue weighted by atomic mass is 9.98. The largest absolute Gasteiger partial charge is 0.343 e. The highest BCUT2D eigenvalue weighted by Gasteiger charge is 2.23. The SMILES string of the molecule is CC(C)c1ccc(C(NC(=O)CNC(=O)NC2CC2)c2cccs2)cc1. The second-order valence-electron chi connectivity index (χ2n) is 6.94. The van der Waals surface area contributed by atoms with Crippen molar-refractivity contribution in [2.75, 3.05) is 6.54 Å². The molecule has 3 rings (SSSR count). The van der Waals surface area contributed by atoms with Gasteiger partial charge in [-0.15, -0.1) is 11.3 Å². The van der Waals surface area contributed by atoms with E-state index in [1.807, 2.05) is 17.5 Å². The normalized spacial score (nSPS) is 14.7. The number of carbonyl (C=O) groups is 2. The molecule has 26 heavy (non-hydrogen) atoms. The Bertz CT molecular complexity index is 737. The fourth-order valence-corrected chi connectivity index (χ4v) is 3.49. The second-order valence-corrected chi connectivity index (χ2v) is 7.92. The molecule has 2 aromatic rings. The first-order valence-electron chi connectivity index (χ1n) is 9.00. The topological polar surface area (TPSA) is 70.2 Å². The molecule has 1 aliphatic carbocycles. The molecule has 138 valence electrons. The summed E-state index contributed by atoms with van der Waals surface area (Å²) >= 11 is 1.61. The maximum absolute atomic E-state index is 12.4. The summed E-state index contributed by atoms with van der Waals surface area (Å²) in [6, 6.07) is 12.1. The lowest BCUT2D eigenvalue weighted by Crippen LogP contribution is -2.43. The quantitative estimate of drug-likeness (QED) is 0.697. The molecule has 1 saturated carbocycles. The van der Waals surface area contributed by atoms with Gasteiger partial charge in [0.25, 0.3) is 0 Å². The highest BCUT2D eigenvalue weighted by Crippen LogP contribution is 2.27. The second kappa shape index (κ2) is 8.36. The van der Waals surface area contributed by atoms with E-state index >= 15 is 0 Å². The zero-order valence-corrected chi connectivity index (χ0v) is 15.9. The van der Waals surface area contributed by atoms with Crippen molar-refractivity contribution >= 4 is 23.3 Å². The summed E-state index contributed by atoms with van der Waals surface area (Å²) in [5.41, 5.74) is 2.30. The third-order valence-electron chi connectivity index (χ3n) is 4.39. The summed E-state index contributed by atoms with van der Waals surface area (Å²) in [7, 11) is 0. The number of hydrogen-bond acceptors (Lipinski definition) is 3. The fraction of sp³-hybridized carbons (Fsp3) is 0.400. The van der Waals surface area contributed by atoms with E-state index < -0.39 is 0 Å². The highest BCUT2D eigenvalue weighted by atomic mass is 32.1. The van der Waals surface area contributed by atoms with Gasteiger partial charge in [0.2, 0.25) is 5.91 Å². The van der Waals surface area contributed by atoms with Crippen molar-refractivity contribution in [2.24, 2.45) is 0 Å². The van der Waals surface area contributed by atoms with Crippen LogP contribution in [0.2, 0.25) is 0 Å². The lowest BCUT2D eigenvalue weighted by Gasteiger charge is -2.19. The molecule has 0 aliphatic heterocycles. The Balaban J connectivity index is 1.64. The van der Waals surface area contributed by atoms with Gasteiger partial charge in [-0.3, -0.25) is 4.79 Å². The summed E-state index contributed by atoms with van der Waals surface area (Å²) in [5.74, 6) is 0.260. The van der Waals surface area contributed by atoms with E-state index in [4.69, 9.17) is 0 Å². The first-order chi connectivity index (χ1) is 12.5. The lowest BCUT2D eigenvalue weighted by molar-refractivity contribution is -0.120. The van der Waals surface area contributed by atoms with Crippen LogP contribution in [0.1, 0.15) is 54.7 Å². The van der Waals surface area contributed by atoms with Gasteiger partial charge >= 0.3 is 6.03 Å². The zero-order valence-electron chi connectivity index (χ0n) is 15.1. The third-order valence-corrected chi connectivity index (χ3v) is 5.33. The summed E-state index contributed by atoms with van der Waals surface area (Å²) in [5, 5.41) is 10.5. The van der Waals surface area contributed by atoms with E-state index in [-0.39, 0.29) is 30.6 Å². The fourth-order valence-electron chi connectivity index (χ4n) is 2.68. The number of nitrogens with one attached hydrogen (secondary N) is 3. The van der Waals surface area contributed by atoms with Crippen LogP contribution in [0, 0.1) is 0 Å². The van der Waals surface area contributed by atoms with Crippen LogP contribution in [-0.4, -0.2) is 24.5 Å². The van der Waals surface area contributed by atoms with Crippen molar-refractivity contribution in [2.45, 2.75) is 44.7 Å². The molecule has 1 unspecified atom stereocenters. The Morgan fingerprint density at radius 3 is 2.38 bits per heavy atom. The molecule has 0 radical (unpaired) electrons. The molecule has 1 fully saturated rings. The van der Waals surface area contributed by atoms with Crippen LogP contribution < -0.4 is 16.0 Å². The van der Waals surface area contributed by atoms with E-state index in [0.29, 0.717) is 5.92 Å². The van der Waals surface area contributed by atoms with Crippen LogP contribution in [0.15, 0.2) is 41.8 Å². The number of amides is 3. The minimum Gasteiger partial charge on any atom is -0.343 e. The van der Waals surface area contributed by atoms with Crippen LogP contribution >= 0.6 is 11.3 Å². The molecule has 0 saturated heterocycles. The van der Waals surface area contributed by atoms with Crippen molar-refractivity contribution in [3.05, 3.63) is 57.8 Å². The Morgan fingerprint density at radius 2 is 1.81 bits per heavy atom. The van der Waals surface area contributed by atoms with Gasteiger partial charge in [-0.05, 0) is 41.3 Å². The van der Waals surface area contributed by atoms with E-state index in [1.54, 1.807) is 11.3 Å². The Labute approximate surface area is 158 Å². The van der Waals surface area contributed by atoms with Crippen molar-refractivity contribution in [1.29, 1.82) is 0 Å². The first kappa shape index (κ1) is 18.5. The smallest absolute Gasteiger partial charge is 0.315 e. The van der Waals surface area contributed by atoms with E-state index in [2.05, 4.69) is 54.1 Å². The standard InChI is InChI=1S/C20H25N3O2S/c1-13(2)14-5-7-15(8-6-14)19(17-4-3-11-26-17)23-18(24)12-21-20(25)22-16-9-10-16/h3-8,11,13,16,19H,9-10,12H2,1-2H3,(H,23,24)(H2,21,22,25). The van der Waals surface area contributed by atoms with Crippen LogP contribution in [0.3, 0.4) is 0 Å². The number of rotatable bonds is 7. The Hall–Kier alpha value is -2.34. The van der Waals surface area contributed by atoms with Gasteiger partial charge in [-0.1, -0.05) is 44.2 Å². The van der Waals surface area contributed by atoms with Crippen molar-refractivity contribution in [1.82, 2.24) is 16.0 Å². The van der Waals surface area contributed by atoms with Gasteiger partial charge in [0.1, 0.15) is 0 Å². The molecular weight excluding hydrogens is 346 g/mol. The summed E-state index contributed by atoms with van der Waals surface area (Å²) < 4.78 is 0. The number of carbonyl (C=O) groups excluding carboxylic acids is 2. The molecule has 1 aromatic heterocycles. The molecule has 6 heteroatoms. The van der Waals surface area contributed by atoms with Crippen molar-refractivity contribution in [3.8, 4) is 0 Å². The van der Waals surface area contributed by atoms with Gasteiger partial charge in [-0.25, -0.2) is 4.79 Å². The number of urea groups is 1. The maximum atomic E-state index is 12.4. The van der Waals surface area contributed by atoms with Gasteiger partial charge in [0.05, 0.1) is 12.6 Å². The van der Waals surface area contributed by atoms with Crippen LogP contribution in [0.25, 0.3) is 0 Å². The molecule has 0 bridgehead atoms. The number of hydrogen-bond donors (Lipinski definition) is 3.